The standard InChI is InChI=1S/C28H28F3N7O2/c1-2-37-8-7-23(22(31)15-37)35-26-13-33-24-6-4-17(10-25(24)36-26)11-34-27(39)19-12-32-16-38(28(19)40)14-18-3-5-20(29)21(30)9-18/h3-6,9-10,12-13,16,22-23H,2,7-8,11,14-15H2,1H3,(H,34,39)(H,35,36)/t22-,23?/m0/s1. The van der Waals surface area contributed by atoms with E-state index in [9.17, 15) is 22.8 Å². The van der Waals surface area contributed by atoms with Crippen molar-refractivity contribution in [2.75, 3.05) is 25.0 Å². The molecule has 40 heavy (non-hydrogen) atoms. The van der Waals surface area contributed by atoms with Crippen LogP contribution < -0.4 is 16.2 Å². The van der Waals surface area contributed by atoms with Gasteiger partial charge in [0, 0.05) is 25.8 Å². The van der Waals surface area contributed by atoms with Gasteiger partial charge in [-0.25, -0.2) is 23.1 Å². The van der Waals surface area contributed by atoms with Crippen molar-refractivity contribution < 1.29 is 18.0 Å². The lowest BCUT2D eigenvalue weighted by Gasteiger charge is -2.34. The van der Waals surface area contributed by atoms with Crippen molar-refractivity contribution in [2.45, 2.75) is 38.6 Å². The SMILES string of the molecule is CCN1CCC(Nc2cnc3ccc(CNC(=O)c4cncn(Cc5ccc(F)c(F)c5)c4=O)cc3n2)[C@@H](F)C1. The molecule has 5 rings (SSSR count). The van der Waals surface area contributed by atoms with E-state index in [0.29, 0.717) is 35.4 Å². The second-order valence-electron chi connectivity index (χ2n) is 9.70. The molecule has 4 aromatic rings. The van der Waals surface area contributed by atoms with Gasteiger partial charge in [-0.15, -0.1) is 0 Å². The van der Waals surface area contributed by atoms with E-state index in [-0.39, 0.29) is 24.7 Å². The highest BCUT2D eigenvalue weighted by Gasteiger charge is 2.28. The molecule has 12 heteroatoms. The molecular formula is C28H28F3N7O2. The van der Waals surface area contributed by atoms with Crippen LogP contribution in [0, 0.1) is 11.6 Å². The molecule has 3 heterocycles. The van der Waals surface area contributed by atoms with Gasteiger partial charge in [0.15, 0.2) is 11.6 Å². The number of rotatable bonds is 8. The third kappa shape index (κ3) is 6.12. The molecule has 1 unspecified atom stereocenters. The van der Waals surface area contributed by atoms with Gasteiger partial charge >= 0.3 is 0 Å². The number of nitrogens with one attached hydrogen (secondary N) is 2. The quantitative estimate of drug-likeness (QED) is 0.346. The highest BCUT2D eigenvalue weighted by Crippen LogP contribution is 2.20. The predicted molar refractivity (Wildman–Crippen MR) is 144 cm³/mol. The Kier molecular flexibility index (Phi) is 8.06. The van der Waals surface area contributed by atoms with Crippen LogP contribution in [-0.4, -0.2) is 62.2 Å². The van der Waals surface area contributed by atoms with Crippen molar-refractivity contribution in [1.29, 1.82) is 0 Å². The van der Waals surface area contributed by atoms with Crippen LogP contribution in [0.25, 0.3) is 11.0 Å². The number of fused-ring (bicyclic) bond motifs is 1. The summed E-state index contributed by atoms with van der Waals surface area (Å²) in [6.07, 6.45) is 3.62. The third-order valence-electron chi connectivity index (χ3n) is 6.95. The van der Waals surface area contributed by atoms with Crippen LogP contribution in [0.1, 0.15) is 34.8 Å². The molecule has 2 atom stereocenters. The topological polar surface area (TPSA) is 105 Å². The van der Waals surface area contributed by atoms with Crippen LogP contribution in [0.5, 0.6) is 0 Å². The van der Waals surface area contributed by atoms with Crippen molar-refractivity contribution >= 4 is 22.8 Å². The summed E-state index contributed by atoms with van der Waals surface area (Å²) >= 11 is 0. The fourth-order valence-electron chi connectivity index (χ4n) is 4.68. The summed E-state index contributed by atoms with van der Waals surface area (Å²) < 4.78 is 42.5. The van der Waals surface area contributed by atoms with Crippen LogP contribution in [0.4, 0.5) is 19.0 Å². The fraction of sp³-hybridized carbons (Fsp3) is 0.321. The van der Waals surface area contributed by atoms with Gasteiger partial charge in [-0.05, 0) is 48.4 Å². The Bertz CT molecular complexity index is 1600. The van der Waals surface area contributed by atoms with E-state index in [2.05, 4.69) is 30.5 Å². The van der Waals surface area contributed by atoms with Gasteiger partial charge in [0.25, 0.3) is 11.5 Å². The van der Waals surface area contributed by atoms with Gasteiger partial charge in [-0.2, -0.15) is 0 Å². The summed E-state index contributed by atoms with van der Waals surface area (Å²) in [5, 5.41) is 5.87. The number of aromatic nitrogens is 4. The first-order chi connectivity index (χ1) is 19.3. The molecular weight excluding hydrogens is 523 g/mol. The smallest absolute Gasteiger partial charge is 0.266 e. The summed E-state index contributed by atoms with van der Waals surface area (Å²) in [7, 11) is 0. The zero-order valence-electron chi connectivity index (χ0n) is 21.8. The number of amides is 1. The first-order valence-corrected chi connectivity index (χ1v) is 13.0. The fourth-order valence-corrected chi connectivity index (χ4v) is 4.68. The average Bonchev–Trinajstić information content (AvgIpc) is 2.95. The lowest BCUT2D eigenvalue weighted by atomic mass is 10.0. The Balaban J connectivity index is 1.25. The number of hydrogen-bond donors (Lipinski definition) is 2. The molecule has 2 N–H and O–H groups in total. The van der Waals surface area contributed by atoms with Crippen LogP contribution in [-0.2, 0) is 13.1 Å². The normalized spacial score (nSPS) is 17.6. The van der Waals surface area contributed by atoms with Crippen molar-refractivity contribution in [3.63, 3.8) is 0 Å². The second kappa shape index (κ2) is 11.8. The largest absolute Gasteiger partial charge is 0.363 e. The summed E-state index contributed by atoms with van der Waals surface area (Å²) in [5.74, 6) is -2.18. The van der Waals surface area contributed by atoms with E-state index in [1.54, 1.807) is 24.4 Å². The van der Waals surface area contributed by atoms with Crippen LogP contribution in [0.2, 0.25) is 0 Å². The summed E-state index contributed by atoms with van der Waals surface area (Å²) in [5.41, 5.74) is 1.48. The molecule has 1 aliphatic rings. The first kappa shape index (κ1) is 27.3. The van der Waals surface area contributed by atoms with Gasteiger partial charge in [0.05, 0.1) is 36.1 Å². The molecule has 0 aliphatic carbocycles. The molecule has 0 bridgehead atoms. The number of nitrogens with zero attached hydrogens (tertiary/aromatic N) is 5. The van der Waals surface area contributed by atoms with Crippen molar-refractivity contribution in [1.82, 2.24) is 29.7 Å². The number of hydrogen-bond acceptors (Lipinski definition) is 7. The zero-order chi connectivity index (χ0) is 28.2. The molecule has 2 aromatic carbocycles. The van der Waals surface area contributed by atoms with Gasteiger partial charge in [-0.1, -0.05) is 19.1 Å². The number of carbonyl (C=O) groups excluding carboxylic acids is 1. The number of piperidine rings is 1. The van der Waals surface area contributed by atoms with Crippen molar-refractivity contribution in [3.05, 3.63) is 93.8 Å². The molecule has 2 aromatic heterocycles. The van der Waals surface area contributed by atoms with Crippen LogP contribution in [0.15, 0.2) is 59.9 Å². The van der Waals surface area contributed by atoms with E-state index >= 15 is 0 Å². The molecule has 9 nitrogen and oxygen atoms in total. The molecule has 0 saturated carbocycles. The number of benzene rings is 2. The van der Waals surface area contributed by atoms with E-state index in [1.165, 1.54) is 12.4 Å². The molecule has 1 saturated heterocycles. The molecule has 1 aliphatic heterocycles. The number of carbonyl (C=O) groups is 1. The van der Waals surface area contributed by atoms with Crippen LogP contribution >= 0.6 is 0 Å². The van der Waals surface area contributed by atoms with E-state index in [0.717, 1.165) is 41.5 Å². The zero-order valence-corrected chi connectivity index (χ0v) is 21.8. The number of halogens is 3. The molecule has 208 valence electrons. The second-order valence-corrected chi connectivity index (χ2v) is 9.70. The predicted octanol–water partition coefficient (Wildman–Crippen LogP) is 3.29. The van der Waals surface area contributed by atoms with Gasteiger partial charge in [0.2, 0.25) is 0 Å². The number of anilines is 1. The summed E-state index contributed by atoms with van der Waals surface area (Å²) in [6, 6.07) is 8.29. The van der Waals surface area contributed by atoms with Crippen molar-refractivity contribution in [3.8, 4) is 0 Å². The Morgan fingerprint density at radius 1 is 1.07 bits per heavy atom. The average molecular weight is 552 g/mol. The maximum atomic E-state index is 14.6. The lowest BCUT2D eigenvalue weighted by molar-refractivity contribution is 0.0948. The monoisotopic (exact) mass is 551 g/mol. The van der Waals surface area contributed by atoms with E-state index < -0.39 is 29.3 Å². The van der Waals surface area contributed by atoms with E-state index in [1.807, 2.05) is 6.92 Å². The lowest BCUT2D eigenvalue weighted by Crippen LogP contribution is -2.47. The number of alkyl halides is 1. The Morgan fingerprint density at radius 2 is 1.90 bits per heavy atom. The number of likely N-dealkylation sites (tertiary alicyclic amines) is 1. The molecule has 0 radical (unpaired) electrons. The Labute approximate surface area is 228 Å². The maximum Gasteiger partial charge on any atom is 0.266 e. The summed E-state index contributed by atoms with van der Waals surface area (Å²) in [6.45, 7) is 4.05. The van der Waals surface area contributed by atoms with Gasteiger partial charge < -0.3 is 15.5 Å². The van der Waals surface area contributed by atoms with Gasteiger partial charge in [-0.3, -0.25) is 19.1 Å². The highest BCUT2D eigenvalue weighted by molar-refractivity contribution is 5.93. The first-order valence-electron chi connectivity index (χ1n) is 13.0. The molecule has 0 spiro atoms. The molecule has 1 amide bonds. The maximum absolute atomic E-state index is 14.6. The highest BCUT2D eigenvalue weighted by atomic mass is 19.2. The minimum Gasteiger partial charge on any atom is -0.363 e. The minimum absolute atomic E-state index is 0.0786. The Hall–Kier alpha value is -4.32. The van der Waals surface area contributed by atoms with E-state index in [4.69, 9.17) is 0 Å². The van der Waals surface area contributed by atoms with Gasteiger partial charge in [0.1, 0.15) is 17.6 Å². The Morgan fingerprint density at radius 3 is 2.67 bits per heavy atom. The summed E-state index contributed by atoms with van der Waals surface area (Å²) in [4.78, 5) is 40.7. The minimum atomic E-state index is -1.03. The molecule has 1 fully saturated rings. The van der Waals surface area contributed by atoms with Crippen LogP contribution in [0.3, 0.4) is 0 Å². The van der Waals surface area contributed by atoms with Crippen molar-refractivity contribution in [2.24, 2.45) is 0 Å². The third-order valence-corrected chi connectivity index (χ3v) is 6.95.